The lowest BCUT2D eigenvalue weighted by atomic mass is 9.85. The van der Waals surface area contributed by atoms with E-state index in [9.17, 15) is 4.79 Å². The van der Waals surface area contributed by atoms with Crippen LogP contribution in [0.15, 0.2) is 12.2 Å². The van der Waals surface area contributed by atoms with Crippen LogP contribution in [0.1, 0.15) is 20.8 Å². The molecule has 0 aromatic heterocycles. The summed E-state index contributed by atoms with van der Waals surface area (Å²) in [4.78, 5) is 12.0. The Morgan fingerprint density at radius 3 is 2.27 bits per heavy atom. The van der Waals surface area contributed by atoms with Crippen molar-refractivity contribution >= 4 is 5.97 Å². The van der Waals surface area contributed by atoms with Gasteiger partial charge >= 0.3 is 5.97 Å². The van der Waals surface area contributed by atoms with Crippen molar-refractivity contribution in [3.8, 4) is 0 Å². The maximum Gasteiger partial charge on any atom is 0.310 e. The van der Waals surface area contributed by atoms with Crippen molar-refractivity contribution in [3.63, 3.8) is 0 Å². The molecule has 3 nitrogen and oxygen atoms in total. The fraction of sp³-hybridized carbons (Fsp3) is 0.750. The molecule has 0 aromatic carbocycles. The number of piperidine rings is 1. The number of carbonyl (C=O) groups excluding carboxylic acids is 1. The molecule has 1 saturated heterocycles. The van der Waals surface area contributed by atoms with Crippen molar-refractivity contribution in [2.75, 3.05) is 13.1 Å². The van der Waals surface area contributed by atoms with Gasteiger partial charge < -0.3 is 10.1 Å². The molecule has 0 saturated carbocycles. The molecule has 1 aliphatic heterocycles. The van der Waals surface area contributed by atoms with Gasteiger partial charge in [-0.1, -0.05) is 12.2 Å². The summed E-state index contributed by atoms with van der Waals surface area (Å²) in [6, 6.07) is 0. The monoisotopic (exact) mass is 209 g/mol. The largest absolute Gasteiger partial charge is 0.460 e. The average molecular weight is 209 g/mol. The van der Waals surface area contributed by atoms with E-state index in [-0.39, 0.29) is 17.5 Å². The number of esters is 1. The number of nitrogens with one attached hydrogen (secondary N) is 1. The predicted molar refractivity (Wildman–Crippen MR) is 58.3 cm³/mol. The number of fused-ring (bicyclic) bond motifs is 2. The van der Waals surface area contributed by atoms with Gasteiger partial charge in [-0.25, -0.2) is 0 Å². The summed E-state index contributed by atoms with van der Waals surface area (Å²) >= 11 is 0. The van der Waals surface area contributed by atoms with Gasteiger partial charge in [-0.3, -0.25) is 4.79 Å². The zero-order valence-electron chi connectivity index (χ0n) is 9.62. The second-order valence-corrected chi connectivity index (χ2v) is 5.43. The Kier molecular flexibility index (Phi) is 2.59. The van der Waals surface area contributed by atoms with E-state index in [4.69, 9.17) is 4.74 Å². The van der Waals surface area contributed by atoms with Crippen LogP contribution in [0.2, 0.25) is 0 Å². The molecule has 2 atom stereocenters. The van der Waals surface area contributed by atoms with Crippen LogP contribution in [0.4, 0.5) is 0 Å². The summed E-state index contributed by atoms with van der Waals surface area (Å²) in [7, 11) is 0. The molecule has 1 N–H and O–H groups in total. The number of hydrogen-bond acceptors (Lipinski definition) is 3. The van der Waals surface area contributed by atoms with Crippen molar-refractivity contribution in [3.05, 3.63) is 12.2 Å². The third kappa shape index (κ3) is 2.23. The highest BCUT2D eigenvalue weighted by atomic mass is 16.6. The average Bonchev–Trinajstić information content (AvgIpc) is 2.34. The SMILES string of the molecule is CC(C)(C)OC(=O)C1C2C=CC1CNC2. The van der Waals surface area contributed by atoms with E-state index in [0.29, 0.717) is 11.8 Å². The minimum absolute atomic E-state index is 0.0380. The highest BCUT2D eigenvalue weighted by Gasteiger charge is 2.41. The molecule has 0 radical (unpaired) electrons. The minimum atomic E-state index is -0.374. The van der Waals surface area contributed by atoms with E-state index in [2.05, 4.69) is 17.5 Å². The highest BCUT2D eigenvalue weighted by molar-refractivity contribution is 5.75. The van der Waals surface area contributed by atoms with Crippen LogP contribution in [0, 0.1) is 17.8 Å². The van der Waals surface area contributed by atoms with E-state index >= 15 is 0 Å². The van der Waals surface area contributed by atoms with Gasteiger partial charge in [0.25, 0.3) is 0 Å². The number of rotatable bonds is 1. The van der Waals surface area contributed by atoms with Crippen molar-refractivity contribution in [1.29, 1.82) is 0 Å². The number of ether oxygens (including phenoxy) is 1. The third-order valence-electron chi connectivity index (χ3n) is 2.97. The van der Waals surface area contributed by atoms with Gasteiger partial charge in [0.1, 0.15) is 5.60 Å². The maximum atomic E-state index is 12.0. The molecule has 3 heteroatoms. The molecule has 15 heavy (non-hydrogen) atoms. The van der Waals surface area contributed by atoms with Crippen molar-refractivity contribution in [2.45, 2.75) is 26.4 Å². The van der Waals surface area contributed by atoms with Crippen LogP contribution >= 0.6 is 0 Å². The molecule has 0 amide bonds. The molecule has 2 rings (SSSR count). The molecular weight excluding hydrogens is 190 g/mol. The van der Waals surface area contributed by atoms with Crippen molar-refractivity contribution in [1.82, 2.24) is 5.32 Å². The standard InChI is InChI=1S/C12H19NO2/c1-12(2,3)15-11(14)10-8-4-5-9(10)7-13-6-8/h4-5,8-10,13H,6-7H2,1-3H3. The summed E-state index contributed by atoms with van der Waals surface area (Å²) in [5, 5.41) is 3.32. The highest BCUT2D eigenvalue weighted by Crippen LogP contribution is 2.34. The topological polar surface area (TPSA) is 38.3 Å². The fourth-order valence-corrected chi connectivity index (χ4v) is 2.37. The summed E-state index contributed by atoms with van der Waals surface area (Å²) in [5.41, 5.74) is -0.374. The van der Waals surface area contributed by atoms with Gasteiger partial charge in [-0.2, -0.15) is 0 Å². The van der Waals surface area contributed by atoms with Crippen molar-refractivity contribution < 1.29 is 9.53 Å². The zero-order chi connectivity index (χ0) is 11.1. The molecule has 0 aromatic rings. The Bertz CT molecular complexity index is 276. The fourth-order valence-electron chi connectivity index (χ4n) is 2.37. The van der Waals surface area contributed by atoms with Crippen molar-refractivity contribution in [2.24, 2.45) is 17.8 Å². The maximum absolute atomic E-state index is 12.0. The van der Waals surface area contributed by atoms with E-state index < -0.39 is 0 Å². The van der Waals surface area contributed by atoms with Crippen LogP contribution in [0.5, 0.6) is 0 Å². The lowest BCUT2D eigenvalue weighted by Crippen LogP contribution is -2.44. The summed E-state index contributed by atoms with van der Waals surface area (Å²) in [6.45, 7) is 7.55. The molecule has 1 fully saturated rings. The molecule has 2 unspecified atom stereocenters. The first-order chi connectivity index (χ1) is 6.97. The van der Waals surface area contributed by atoms with Crippen LogP contribution in [-0.4, -0.2) is 24.7 Å². The predicted octanol–water partition coefficient (Wildman–Crippen LogP) is 1.35. The van der Waals surface area contributed by atoms with Crippen LogP contribution < -0.4 is 5.32 Å². The third-order valence-corrected chi connectivity index (χ3v) is 2.97. The first kappa shape index (κ1) is 10.7. The lowest BCUT2D eigenvalue weighted by Gasteiger charge is -2.31. The quantitative estimate of drug-likeness (QED) is 0.523. The van der Waals surface area contributed by atoms with E-state index in [1.807, 2.05) is 20.8 Å². The number of carbonyl (C=O) groups is 1. The normalized spacial score (nSPS) is 34.2. The van der Waals surface area contributed by atoms with Crippen LogP contribution in [-0.2, 0) is 9.53 Å². The second kappa shape index (κ2) is 3.63. The van der Waals surface area contributed by atoms with Gasteiger partial charge in [-0.05, 0) is 20.8 Å². The summed E-state index contributed by atoms with van der Waals surface area (Å²) < 4.78 is 5.45. The minimum Gasteiger partial charge on any atom is -0.460 e. The molecule has 84 valence electrons. The molecule has 2 bridgehead atoms. The molecule has 2 aliphatic rings. The van der Waals surface area contributed by atoms with E-state index in [0.717, 1.165) is 13.1 Å². The van der Waals surface area contributed by atoms with Crippen LogP contribution in [0.3, 0.4) is 0 Å². The van der Waals surface area contributed by atoms with Gasteiger partial charge in [0.05, 0.1) is 5.92 Å². The van der Waals surface area contributed by atoms with E-state index in [1.54, 1.807) is 0 Å². The Balaban J connectivity index is 2.03. The Labute approximate surface area is 90.9 Å². The molecule has 1 heterocycles. The van der Waals surface area contributed by atoms with Gasteiger partial charge in [-0.15, -0.1) is 0 Å². The first-order valence-corrected chi connectivity index (χ1v) is 5.59. The Morgan fingerprint density at radius 1 is 1.27 bits per heavy atom. The first-order valence-electron chi connectivity index (χ1n) is 5.59. The molecule has 0 spiro atoms. The van der Waals surface area contributed by atoms with E-state index in [1.165, 1.54) is 0 Å². The van der Waals surface area contributed by atoms with Crippen LogP contribution in [0.25, 0.3) is 0 Å². The van der Waals surface area contributed by atoms with Gasteiger partial charge in [0.2, 0.25) is 0 Å². The Morgan fingerprint density at radius 2 is 1.80 bits per heavy atom. The van der Waals surface area contributed by atoms with Gasteiger partial charge in [0, 0.05) is 24.9 Å². The zero-order valence-corrected chi connectivity index (χ0v) is 9.62. The van der Waals surface area contributed by atoms with Gasteiger partial charge in [0.15, 0.2) is 0 Å². The second-order valence-electron chi connectivity index (χ2n) is 5.43. The molecule has 1 aliphatic carbocycles. The smallest absolute Gasteiger partial charge is 0.310 e. The lowest BCUT2D eigenvalue weighted by molar-refractivity contribution is -0.163. The number of hydrogen-bond donors (Lipinski definition) is 1. The molecular formula is C12H19NO2. The summed E-state index contributed by atoms with van der Waals surface area (Å²) in [6.07, 6.45) is 4.30. The summed E-state index contributed by atoms with van der Waals surface area (Å²) in [5.74, 6) is 0.673. The Hall–Kier alpha value is -0.830.